The van der Waals surface area contributed by atoms with E-state index in [1.165, 1.54) is 10.4 Å². The van der Waals surface area contributed by atoms with Crippen molar-refractivity contribution in [3.8, 4) is 10.4 Å². The van der Waals surface area contributed by atoms with Crippen LogP contribution in [0.5, 0.6) is 0 Å². The first-order valence-corrected chi connectivity index (χ1v) is 5.89. The Morgan fingerprint density at radius 1 is 1.21 bits per heavy atom. The van der Waals surface area contributed by atoms with E-state index in [0.29, 0.717) is 0 Å². The topological polar surface area (TPSA) is 26.0 Å². The Bertz CT molecular complexity index is 462. The van der Waals surface area contributed by atoms with Gasteiger partial charge in [0, 0.05) is 10.6 Å². The quantitative estimate of drug-likeness (QED) is 0.775. The Labute approximate surface area is 95.7 Å². The summed E-state index contributed by atoms with van der Waals surface area (Å²) >= 11 is 5.17. The Morgan fingerprint density at radius 2 is 2.00 bits per heavy atom. The first-order valence-electron chi connectivity index (χ1n) is 4.28. The zero-order chi connectivity index (χ0) is 10.1. The second-order valence-electron chi connectivity index (χ2n) is 3.18. The number of benzene rings is 1. The fraction of sp³-hybridized carbons (Fsp3) is 0.0909. The van der Waals surface area contributed by atoms with Crippen LogP contribution in [0, 0.1) is 6.92 Å². The number of aryl methyl sites for hydroxylation is 1. The van der Waals surface area contributed by atoms with Crippen molar-refractivity contribution in [1.82, 2.24) is 0 Å². The predicted molar refractivity (Wildman–Crippen MR) is 66.6 cm³/mol. The summed E-state index contributed by atoms with van der Waals surface area (Å²) in [5.41, 5.74) is 9.02. The average molecular weight is 268 g/mol. The summed E-state index contributed by atoms with van der Waals surface area (Å²) in [7, 11) is 0. The first kappa shape index (κ1) is 9.74. The molecular formula is C11H10BrNS. The molecule has 0 radical (unpaired) electrons. The van der Waals surface area contributed by atoms with E-state index in [9.17, 15) is 0 Å². The molecule has 3 heteroatoms. The minimum absolute atomic E-state index is 0.854. The van der Waals surface area contributed by atoms with Crippen LogP contribution in [-0.2, 0) is 0 Å². The largest absolute Gasteiger partial charge is 0.398 e. The van der Waals surface area contributed by atoms with Crippen LogP contribution in [0.3, 0.4) is 0 Å². The summed E-state index contributed by atoms with van der Waals surface area (Å²) in [5.74, 6) is 0. The summed E-state index contributed by atoms with van der Waals surface area (Å²) in [4.78, 5) is 1.24. The molecule has 1 aromatic carbocycles. The van der Waals surface area contributed by atoms with Gasteiger partial charge in [-0.2, -0.15) is 0 Å². The Kier molecular flexibility index (Phi) is 2.61. The van der Waals surface area contributed by atoms with Crippen LogP contribution in [0.1, 0.15) is 5.56 Å². The van der Waals surface area contributed by atoms with E-state index in [1.54, 1.807) is 11.3 Å². The minimum Gasteiger partial charge on any atom is -0.398 e. The van der Waals surface area contributed by atoms with Gasteiger partial charge in [0.2, 0.25) is 0 Å². The second kappa shape index (κ2) is 3.75. The molecule has 0 atom stereocenters. The van der Waals surface area contributed by atoms with E-state index in [4.69, 9.17) is 5.73 Å². The van der Waals surface area contributed by atoms with Gasteiger partial charge >= 0.3 is 0 Å². The lowest BCUT2D eigenvalue weighted by Gasteiger charge is -2.02. The van der Waals surface area contributed by atoms with Gasteiger partial charge < -0.3 is 5.73 Å². The Balaban J connectivity index is 2.47. The molecular weight excluding hydrogens is 258 g/mol. The monoisotopic (exact) mass is 267 g/mol. The molecule has 0 spiro atoms. The van der Waals surface area contributed by atoms with Gasteiger partial charge in [0.1, 0.15) is 0 Å². The van der Waals surface area contributed by atoms with Gasteiger partial charge in [-0.05, 0) is 52.2 Å². The minimum atomic E-state index is 0.854. The van der Waals surface area contributed by atoms with E-state index in [-0.39, 0.29) is 0 Å². The maximum Gasteiger partial charge on any atom is 0.0705 e. The van der Waals surface area contributed by atoms with Crippen LogP contribution in [0.4, 0.5) is 5.69 Å². The fourth-order valence-corrected chi connectivity index (χ4v) is 2.65. The van der Waals surface area contributed by atoms with Crippen molar-refractivity contribution < 1.29 is 0 Å². The zero-order valence-electron chi connectivity index (χ0n) is 7.75. The van der Waals surface area contributed by atoms with Gasteiger partial charge in [0.15, 0.2) is 0 Å². The van der Waals surface area contributed by atoms with Gasteiger partial charge in [-0.25, -0.2) is 0 Å². The standard InChI is InChI=1S/C11H10BrNS/c1-7-2-3-8(6-9(7)13)10-4-5-11(12)14-10/h2-6H,13H2,1H3. The highest BCUT2D eigenvalue weighted by molar-refractivity contribution is 9.11. The molecule has 2 N–H and O–H groups in total. The summed E-state index contributed by atoms with van der Waals surface area (Å²) in [5, 5.41) is 0. The smallest absolute Gasteiger partial charge is 0.0705 e. The molecule has 0 unspecified atom stereocenters. The van der Waals surface area contributed by atoms with Gasteiger partial charge in [-0.1, -0.05) is 12.1 Å². The molecule has 0 fully saturated rings. The van der Waals surface area contributed by atoms with E-state index >= 15 is 0 Å². The molecule has 0 bridgehead atoms. The van der Waals surface area contributed by atoms with Crippen LogP contribution in [0.25, 0.3) is 10.4 Å². The SMILES string of the molecule is Cc1ccc(-c2ccc(Br)s2)cc1N. The molecule has 1 nitrogen and oxygen atoms in total. The number of hydrogen-bond acceptors (Lipinski definition) is 2. The van der Waals surface area contributed by atoms with Crippen molar-refractivity contribution in [2.75, 3.05) is 5.73 Å². The van der Waals surface area contributed by atoms with Crippen LogP contribution in [0.2, 0.25) is 0 Å². The number of nitrogen functional groups attached to an aromatic ring is 1. The van der Waals surface area contributed by atoms with Gasteiger partial charge in [-0.3, -0.25) is 0 Å². The number of nitrogens with two attached hydrogens (primary N) is 1. The van der Waals surface area contributed by atoms with Crippen LogP contribution in [-0.4, -0.2) is 0 Å². The van der Waals surface area contributed by atoms with Gasteiger partial charge in [0.05, 0.1) is 3.79 Å². The van der Waals surface area contributed by atoms with Crippen LogP contribution >= 0.6 is 27.3 Å². The van der Waals surface area contributed by atoms with Crippen molar-refractivity contribution >= 4 is 33.0 Å². The number of anilines is 1. The van der Waals surface area contributed by atoms with Crippen molar-refractivity contribution in [3.63, 3.8) is 0 Å². The molecule has 0 saturated heterocycles. The molecule has 1 aromatic heterocycles. The Morgan fingerprint density at radius 3 is 2.57 bits per heavy atom. The molecule has 0 aliphatic carbocycles. The highest BCUT2D eigenvalue weighted by atomic mass is 79.9. The molecule has 1 heterocycles. The fourth-order valence-electron chi connectivity index (χ4n) is 1.26. The van der Waals surface area contributed by atoms with Crippen molar-refractivity contribution in [3.05, 3.63) is 39.7 Å². The highest BCUT2D eigenvalue weighted by Crippen LogP contribution is 2.32. The van der Waals surface area contributed by atoms with E-state index in [2.05, 4.69) is 40.2 Å². The number of rotatable bonds is 1. The van der Waals surface area contributed by atoms with Crippen molar-refractivity contribution in [1.29, 1.82) is 0 Å². The lowest BCUT2D eigenvalue weighted by molar-refractivity contribution is 1.47. The Hall–Kier alpha value is -0.800. The summed E-state index contributed by atoms with van der Waals surface area (Å²) < 4.78 is 1.15. The first-order chi connectivity index (χ1) is 6.66. The maximum absolute atomic E-state index is 5.86. The molecule has 72 valence electrons. The molecule has 2 rings (SSSR count). The summed E-state index contributed by atoms with van der Waals surface area (Å²) in [6.07, 6.45) is 0. The third kappa shape index (κ3) is 1.83. The van der Waals surface area contributed by atoms with Crippen LogP contribution in [0.15, 0.2) is 34.1 Å². The van der Waals surface area contributed by atoms with E-state index in [1.807, 2.05) is 13.0 Å². The highest BCUT2D eigenvalue weighted by Gasteiger charge is 2.02. The maximum atomic E-state index is 5.86. The average Bonchev–Trinajstić information content (AvgIpc) is 2.57. The van der Waals surface area contributed by atoms with Crippen LogP contribution < -0.4 is 5.73 Å². The van der Waals surface area contributed by atoms with E-state index < -0.39 is 0 Å². The number of halogens is 1. The van der Waals surface area contributed by atoms with E-state index in [0.717, 1.165) is 15.0 Å². The normalized spacial score (nSPS) is 10.4. The number of thiophene rings is 1. The summed E-state index contributed by atoms with van der Waals surface area (Å²) in [6.45, 7) is 2.02. The molecule has 0 aliphatic heterocycles. The molecule has 14 heavy (non-hydrogen) atoms. The van der Waals surface area contributed by atoms with Crippen molar-refractivity contribution in [2.45, 2.75) is 6.92 Å². The van der Waals surface area contributed by atoms with Gasteiger partial charge in [0.25, 0.3) is 0 Å². The zero-order valence-corrected chi connectivity index (χ0v) is 10.2. The molecule has 0 amide bonds. The molecule has 2 aromatic rings. The number of hydrogen-bond donors (Lipinski definition) is 1. The lowest BCUT2D eigenvalue weighted by atomic mass is 10.1. The molecule has 0 saturated carbocycles. The lowest BCUT2D eigenvalue weighted by Crippen LogP contribution is -1.88. The second-order valence-corrected chi connectivity index (χ2v) is 5.64. The van der Waals surface area contributed by atoms with Gasteiger partial charge in [-0.15, -0.1) is 11.3 Å². The third-order valence-electron chi connectivity index (χ3n) is 2.14. The summed E-state index contributed by atoms with van der Waals surface area (Å²) in [6, 6.07) is 10.3. The molecule has 0 aliphatic rings. The predicted octanol–water partition coefficient (Wildman–Crippen LogP) is 4.07. The van der Waals surface area contributed by atoms with Crippen molar-refractivity contribution in [2.24, 2.45) is 0 Å². The third-order valence-corrected chi connectivity index (χ3v) is 3.81.